The van der Waals surface area contributed by atoms with E-state index in [9.17, 15) is 4.79 Å². The molecule has 0 spiro atoms. The molecule has 0 aromatic carbocycles. The van der Waals surface area contributed by atoms with Crippen molar-refractivity contribution in [2.24, 2.45) is 0 Å². The molecule has 1 rings (SSSR count). The van der Waals surface area contributed by atoms with Crippen molar-refractivity contribution < 1.29 is 14.3 Å². The van der Waals surface area contributed by atoms with Gasteiger partial charge in [-0.2, -0.15) is 0 Å². The van der Waals surface area contributed by atoms with Crippen LogP contribution < -0.4 is 10.1 Å². The molecule has 1 aromatic rings. The summed E-state index contributed by atoms with van der Waals surface area (Å²) in [6.07, 6.45) is 0. The second-order valence-corrected chi connectivity index (χ2v) is 4.00. The zero-order valence-corrected chi connectivity index (χ0v) is 9.94. The van der Waals surface area contributed by atoms with Gasteiger partial charge in [-0.3, -0.25) is 4.79 Å². The Bertz CT molecular complexity index is 335. The van der Waals surface area contributed by atoms with Gasteiger partial charge < -0.3 is 14.8 Å². The molecule has 0 atom stereocenters. The van der Waals surface area contributed by atoms with Crippen LogP contribution in [0.1, 0.15) is 11.8 Å². The number of thiophene rings is 1. The normalized spacial score (nSPS) is 10.1. The molecule has 1 heterocycles. The summed E-state index contributed by atoms with van der Waals surface area (Å²) in [5.41, 5.74) is 0.743. The number of anilines is 1. The van der Waals surface area contributed by atoms with Gasteiger partial charge in [-0.05, 0) is 13.8 Å². The monoisotopic (exact) mass is 229 g/mol. The first kappa shape index (κ1) is 12.0. The number of carbonyl (C=O) groups is 1. The minimum atomic E-state index is -0.156. The van der Waals surface area contributed by atoms with E-state index in [1.165, 1.54) is 0 Å². The fourth-order valence-electron chi connectivity index (χ4n) is 1.10. The molecule has 5 heteroatoms. The molecule has 0 radical (unpaired) electrons. The molecule has 84 valence electrons. The summed E-state index contributed by atoms with van der Waals surface area (Å²) in [5.74, 6) is 0.541. The molecule has 0 bridgehead atoms. The van der Waals surface area contributed by atoms with Crippen LogP contribution in [0.5, 0.6) is 5.75 Å². The number of carbonyl (C=O) groups excluding carboxylic acids is 1. The Labute approximate surface area is 93.2 Å². The van der Waals surface area contributed by atoms with Gasteiger partial charge in [0.15, 0.2) is 5.75 Å². The smallest absolute Gasteiger partial charge is 0.250 e. The molecule has 0 aliphatic carbocycles. The molecular weight excluding hydrogens is 214 g/mol. The first-order valence-corrected chi connectivity index (χ1v) is 5.56. The van der Waals surface area contributed by atoms with Crippen LogP contribution >= 0.6 is 11.3 Å². The number of hydrogen-bond acceptors (Lipinski definition) is 4. The molecule has 4 nitrogen and oxygen atoms in total. The lowest BCUT2D eigenvalue weighted by atomic mass is 10.4. The summed E-state index contributed by atoms with van der Waals surface area (Å²) in [7, 11) is 1.58. The summed E-state index contributed by atoms with van der Waals surface area (Å²) in [4.78, 5) is 12.4. The number of aryl methyl sites for hydroxylation is 1. The maximum Gasteiger partial charge on any atom is 0.250 e. The lowest BCUT2D eigenvalue weighted by Crippen LogP contribution is -2.18. The van der Waals surface area contributed by atoms with Crippen molar-refractivity contribution in [3.63, 3.8) is 0 Å². The Balaban J connectivity index is 2.62. The molecule has 15 heavy (non-hydrogen) atoms. The SMILES string of the molecule is CCOCC(=O)Nc1c(OC)csc1C. The van der Waals surface area contributed by atoms with E-state index in [-0.39, 0.29) is 12.5 Å². The highest BCUT2D eigenvalue weighted by Gasteiger charge is 2.11. The molecule has 1 aromatic heterocycles. The Kier molecular flexibility index (Phi) is 4.58. The highest BCUT2D eigenvalue weighted by atomic mass is 32.1. The molecule has 1 N–H and O–H groups in total. The fourth-order valence-corrected chi connectivity index (χ4v) is 1.87. The zero-order chi connectivity index (χ0) is 11.3. The van der Waals surface area contributed by atoms with Crippen molar-refractivity contribution in [3.8, 4) is 5.75 Å². The summed E-state index contributed by atoms with van der Waals surface area (Å²) in [5, 5.41) is 4.63. The molecule has 0 unspecified atom stereocenters. The average molecular weight is 229 g/mol. The van der Waals surface area contributed by atoms with Crippen molar-refractivity contribution in [2.45, 2.75) is 13.8 Å². The molecule has 0 saturated carbocycles. The van der Waals surface area contributed by atoms with E-state index in [4.69, 9.17) is 9.47 Å². The third kappa shape index (κ3) is 3.21. The van der Waals surface area contributed by atoms with E-state index >= 15 is 0 Å². The van der Waals surface area contributed by atoms with Crippen LogP contribution in [0, 0.1) is 6.92 Å². The predicted molar refractivity (Wildman–Crippen MR) is 60.7 cm³/mol. The Morgan fingerprint density at radius 2 is 2.33 bits per heavy atom. The van der Waals surface area contributed by atoms with E-state index in [1.54, 1.807) is 18.4 Å². The lowest BCUT2D eigenvalue weighted by Gasteiger charge is -2.07. The van der Waals surface area contributed by atoms with Crippen LogP contribution in [-0.2, 0) is 9.53 Å². The van der Waals surface area contributed by atoms with Crippen molar-refractivity contribution in [1.29, 1.82) is 0 Å². The standard InChI is InChI=1S/C10H15NO3S/c1-4-14-5-9(12)11-10-7(2)15-6-8(10)13-3/h6H,4-5H2,1-3H3,(H,11,12). The van der Waals surface area contributed by atoms with Crippen LogP contribution in [-0.4, -0.2) is 26.2 Å². The number of methoxy groups -OCH3 is 1. The number of amides is 1. The second kappa shape index (κ2) is 5.72. The van der Waals surface area contributed by atoms with Gasteiger partial charge in [-0.15, -0.1) is 11.3 Å². The largest absolute Gasteiger partial charge is 0.494 e. The van der Waals surface area contributed by atoms with E-state index in [0.29, 0.717) is 12.4 Å². The Morgan fingerprint density at radius 1 is 1.60 bits per heavy atom. The maximum atomic E-state index is 11.4. The average Bonchev–Trinajstić information content (AvgIpc) is 2.57. The van der Waals surface area contributed by atoms with E-state index in [2.05, 4.69) is 5.32 Å². The lowest BCUT2D eigenvalue weighted by molar-refractivity contribution is -0.120. The van der Waals surface area contributed by atoms with Crippen molar-refractivity contribution in [1.82, 2.24) is 0 Å². The van der Waals surface area contributed by atoms with Crippen molar-refractivity contribution >= 4 is 22.9 Å². The van der Waals surface area contributed by atoms with Gasteiger partial charge in [0.05, 0.1) is 12.8 Å². The third-order valence-electron chi connectivity index (χ3n) is 1.86. The third-order valence-corrected chi connectivity index (χ3v) is 2.75. The quantitative estimate of drug-likeness (QED) is 0.840. The topological polar surface area (TPSA) is 47.6 Å². The number of ether oxygens (including phenoxy) is 2. The van der Waals surface area contributed by atoms with Gasteiger partial charge in [0, 0.05) is 16.9 Å². The molecule has 0 aliphatic heterocycles. The predicted octanol–water partition coefficient (Wildman–Crippen LogP) is 2.04. The molecule has 1 amide bonds. The van der Waals surface area contributed by atoms with Crippen molar-refractivity contribution in [3.05, 3.63) is 10.3 Å². The van der Waals surface area contributed by atoms with Crippen LogP contribution in [0.15, 0.2) is 5.38 Å². The van der Waals surface area contributed by atoms with Gasteiger partial charge in [0.1, 0.15) is 6.61 Å². The number of hydrogen-bond donors (Lipinski definition) is 1. The van der Waals surface area contributed by atoms with E-state index < -0.39 is 0 Å². The zero-order valence-electron chi connectivity index (χ0n) is 9.12. The van der Waals surface area contributed by atoms with Gasteiger partial charge in [0.2, 0.25) is 5.91 Å². The van der Waals surface area contributed by atoms with Crippen molar-refractivity contribution in [2.75, 3.05) is 25.6 Å². The van der Waals surface area contributed by atoms with Gasteiger partial charge in [-0.1, -0.05) is 0 Å². The van der Waals surface area contributed by atoms with E-state index in [0.717, 1.165) is 10.6 Å². The number of nitrogens with one attached hydrogen (secondary N) is 1. The highest BCUT2D eigenvalue weighted by molar-refractivity contribution is 7.10. The fraction of sp³-hybridized carbons (Fsp3) is 0.500. The number of rotatable bonds is 5. The highest BCUT2D eigenvalue weighted by Crippen LogP contribution is 2.33. The molecule has 0 aliphatic rings. The van der Waals surface area contributed by atoms with Gasteiger partial charge in [0.25, 0.3) is 0 Å². The van der Waals surface area contributed by atoms with Crippen LogP contribution in [0.4, 0.5) is 5.69 Å². The Morgan fingerprint density at radius 3 is 2.93 bits per heavy atom. The first-order valence-electron chi connectivity index (χ1n) is 4.68. The summed E-state index contributed by atoms with van der Waals surface area (Å²) in [6.45, 7) is 4.40. The minimum absolute atomic E-state index is 0.0783. The molecule has 0 fully saturated rings. The van der Waals surface area contributed by atoms with Crippen LogP contribution in [0.25, 0.3) is 0 Å². The summed E-state index contributed by atoms with van der Waals surface area (Å²) >= 11 is 1.54. The molecular formula is C10H15NO3S. The molecule has 0 saturated heterocycles. The Hall–Kier alpha value is -1.07. The first-order chi connectivity index (χ1) is 7.19. The van der Waals surface area contributed by atoms with Crippen LogP contribution in [0.2, 0.25) is 0 Å². The minimum Gasteiger partial charge on any atom is -0.494 e. The summed E-state index contributed by atoms with van der Waals surface area (Å²) in [6, 6.07) is 0. The maximum absolute atomic E-state index is 11.4. The van der Waals surface area contributed by atoms with E-state index in [1.807, 2.05) is 19.2 Å². The van der Waals surface area contributed by atoms with Crippen LogP contribution in [0.3, 0.4) is 0 Å². The second-order valence-electron chi connectivity index (χ2n) is 2.92. The summed E-state index contributed by atoms with van der Waals surface area (Å²) < 4.78 is 10.1. The van der Waals surface area contributed by atoms with Gasteiger partial charge >= 0.3 is 0 Å². The van der Waals surface area contributed by atoms with Gasteiger partial charge in [-0.25, -0.2) is 0 Å².